The van der Waals surface area contributed by atoms with Crippen molar-refractivity contribution >= 4 is 0 Å². The Labute approximate surface area is 88.2 Å². The van der Waals surface area contributed by atoms with E-state index >= 15 is 0 Å². The lowest BCUT2D eigenvalue weighted by molar-refractivity contribution is -1.34. The predicted molar refractivity (Wildman–Crippen MR) is 49.6 cm³/mol. The van der Waals surface area contributed by atoms with Crippen LogP contribution in [0.3, 0.4) is 0 Å². The molecule has 15 heavy (non-hydrogen) atoms. The summed E-state index contributed by atoms with van der Waals surface area (Å²) in [5.41, 5.74) is 0. The minimum Gasteiger partial charge on any atom is -0.394 e. The summed E-state index contributed by atoms with van der Waals surface area (Å²) in [5, 5.41) is 25.8. The van der Waals surface area contributed by atoms with E-state index in [0.717, 1.165) is 0 Å². The maximum atomic E-state index is 8.60. The normalized spacial score (nSPS) is 11.7. The minimum absolute atomic E-state index is 0.0249. The summed E-state index contributed by atoms with van der Waals surface area (Å²) in [6.45, 7) is 2.74. The number of hydrogen-bond donors (Lipinski definition) is 3. The molecule has 0 aliphatic rings. The molecule has 0 aromatic heterocycles. The van der Waals surface area contributed by atoms with Gasteiger partial charge in [-0.3, -0.25) is 0 Å². The summed E-state index contributed by atoms with van der Waals surface area (Å²) in [5.74, 6) is 0. The van der Waals surface area contributed by atoms with Gasteiger partial charge >= 0.3 is 0 Å². The smallest absolute Gasteiger partial charge is 0.195 e. The first-order chi connectivity index (χ1) is 7.24. The van der Waals surface area contributed by atoms with Crippen molar-refractivity contribution in [2.75, 3.05) is 39.6 Å². The van der Waals surface area contributed by atoms with E-state index in [1.165, 1.54) is 6.20 Å². The fourth-order valence-corrected chi connectivity index (χ4v) is 0.774. The highest BCUT2D eigenvalue weighted by atomic mass is 17.2. The third kappa shape index (κ3) is 5.80. The van der Waals surface area contributed by atoms with Crippen molar-refractivity contribution in [2.24, 2.45) is 0 Å². The van der Waals surface area contributed by atoms with E-state index in [1.54, 1.807) is 0 Å². The van der Waals surface area contributed by atoms with Crippen LogP contribution in [0.5, 0.6) is 0 Å². The van der Waals surface area contributed by atoms with Gasteiger partial charge < -0.3 is 15.3 Å². The van der Waals surface area contributed by atoms with Crippen LogP contribution in [-0.2, 0) is 14.5 Å². The lowest BCUT2D eigenvalue weighted by Gasteiger charge is -2.24. The number of rotatable bonds is 10. The molecule has 0 spiro atoms. The molecule has 0 rings (SSSR count). The molecule has 0 aromatic rings. The van der Waals surface area contributed by atoms with Gasteiger partial charge in [0.15, 0.2) is 6.20 Å². The van der Waals surface area contributed by atoms with Crippen molar-refractivity contribution in [2.45, 2.75) is 0 Å². The maximum absolute atomic E-state index is 8.60. The van der Waals surface area contributed by atoms with E-state index in [2.05, 4.69) is 6.58 Å². The molecule has 0 aromatic carbocycles. The largest absolute Gasteiger partial charge is 0.394 e. The summed E-state index contributed by atoms with van der Waals surface area (Å²) in [7, 11) is 0. The van der Waals surface area contributed by atoms with Gasteiger partial charge in [-0.15, -0.1) is 14.5 Å². The Bertz CT molecular complexity index is 143. The Hall–Kier alpha value is -0.540. The third-order valence-corrected chi connectivity index (χ3v) is 1.31. The molecular formula is C8H18NO6+. The van der Waals surface area contributed by atoms with Gasteiger partial charge in [0.2, 0.25) is 0 Å². The van der Waals surface area contributed by atoms with Crippen LogP contribution >= 0.6 is 0 Å². The Morgan fingerprint density at radius 2 is 1.20 bits per heavy atom. The van der Waals surface area contributed by atoms with Crippen molar-refractivity contribution < 1.29 is 34.8 Å². The van der Waals surface area contributed by atoms with Crippen LogP contribution in [0.25, 0.3) is 0 Å². The Balaban J connectivity index is 4.23. The van der Waals surface area contributed by atoms with Crippen LogP contribution in [0.2, 0.25) is 0 Å². The molecule has 3 N–H and O–H groups in total. The topological polar surface area (TPSA) is 88.4 Å². The van der Waals surface area contributed by atoms with E-state index in [9.17, 15) is 0 Å². The highest BCUT2D eigenvalue weighted by Gasteiger charge is 2.31. The molecule has 0 aliphatic carbocycles. The first-order valence-electron chi connectivity index (χ1n) is 4.53. The summed E-state index contributed by atoms with van der Waals surface area (Å²) >= 11 is 0. The molecule has 0 heterocycles. The molecule has 0 aliphatic heterocycles. The third-order valence-electron chi connectivity index (χ3n) is 1.31. The number of hydroxylamine groups is 3. The van der Waals surface area contributed by atoms with Crippen LogP contribution in [0.4, 0.5) is 0 Å². The molecule has 0 saturated carbocycles. The van der Waals surface area contributed by atoms with Crippen LogP contribution < -0.4 is 0 Å². The highest BCUT2D eigenvalue weighted by Crippen LogP contribution is 2.11. The van der Waals surface area contributed by atoms with Gasteiger partial charge in [0.25, 0.3) is 0 Å². The lowest BCUT2D eigenvalue weighted by atomic mass is 10.8. The standard InChI is InChI=1S/C8H18NO6/c1-2-9(13-6-3-10,14-7-4-11)15-8-5-12/h2,10-12H,1,3-8H2/q+1. The first kappa shape index (κ1) is 14.5. The van der Waals surface area contributed by atoms with Gasteiger partial charge in [-0.25, -0.2) is 0 Å². The second-order valence-electron chi connectivity index (χ2n) is 2.39. The van der Waals surface area contributed by atoms with Crippen LogP contribution in [0.15, 0.2) is 12.8 Å². The zero-order valence-electron chi connectivity index (χ0n) is 8.54. The van der Waals surface area contributed by atoms with E-state index in [0.29, 0.717) is 0 Å². The molecule has 0 fully saturated rings. The van der Waals surface area contributed by atoms with Gasteiger partial charge in [0, 0.05) is 0 Å². The zero-order chi connectivity index (χ0) is 11.6. The van der Waals surface area contributed by atoms with Crippen molar-refractivity contribution in [3.63, 3.8) is 0 Å². The molecule has 90 valence electrons. The van der Waals surface area contributed by atoms with E-state index < -0.39 is 4.97 Å². The fourth-order valence-electron chi connectivity index (χ4n) is 0.774. The van der Waals surface area contributed by atoms with Crippen LogP contribution in [-0.4, -0.2) is 59.9 Å². The van der Waals surface area contributed by atoms with Gasteiger partial charge in [-0.05, 0) is 6.58 Å². The SMILES string of the molecule is C=C[N+](OCCO)(OCCO)OCCO. The molecule has 0 bridgehead atoms. The van der Waals surface area contributed by atoms with Crippen molar-refractivity contribution in [1.82, 2.24) is 0 Å². The molecular weight excluding hydrogens is 206 g/mol. The average Bonchev–Trinajstić information content (AvgIpc) is 2.29. The van der Waals surface area contributed by atoms with Crippen molar-refractivity contribution in [3.05, 3.63) is 12.8 Å². The maximum Gasteiger partial charge on any atom is 0.195 e. The first-order valence-corrected chi connectivity index (χ1v) is 4.53. The molecule has 7 nitrogen and oxygen atoms in total. The number of aliphatic hydroxyl groups excluding tert-OH is 3. The molecule has 0 unspecified atom stereocenters. The number of aliphatic hydroxyl groups is 3. The zero-order valence-corrected chi connectivity index (χ0v) is 8.54. The molecule has 0 atom stereocenters. The monoisotopic (exact) mass is 224 g/mol. The second kappa shape index (κ2) is 8.74. The predicted octanol–water partition coefficient (Wildman–Crippen LogP) is -1.28. The minimum atomic E-state index is -0.832. The fraction of sp³-hybridized carbons (Fsp3) is 0.750. The van der Waals surface area contributed by atoms with Gasteiger partial charge in [0.05, 0.1) is 19.8 Å². The van der Waals surface area contributed by atoms with Crippen LogP contribution in [0.1, 0.15) is 0 Å². The summed E-state index contributed by atoms with van der Waals surface area (Å²) < 4.78 is 0. The van der Waals surface area contributed by atoms with Crippen molar-refractivity contribution in [3.8, 4) is 0 Å². The lowest BCUT2D eigenvalue weighted by Crippen LogP contribution is -2.44. The average molecular weight is 224 g/mol. The number of hydrogen-bond acceptors (Lipinski definition) is 6. The summed E-state index contributed by atoms with van der Waals surface area (Å²) in [6, 6.07) is 0. The molecule has 0 radical (unpaired) electrons. The second-order valence-corrected chi connectivity index (χ2v) is 2.39. The number of quaternary nitrogens is 1. The molecule has 0 amide bonds. The van der Waals surface area contributed by atoms with Gasteiger partial charge in [-0.2, -0.15) is 0 Å². The van der Waals surface area contributed by atoms with Gasteiger partial charge in [0.1, 0.15) is 24.8 Å². The highest BCUT2D eigenvalue weighted by molar-refractivity contribution is 4.42. The Morgan fingerprint density at radius 3 is 1.40 bits per heavy atom. The molecule has 0 saturated heterocycles. The summed E-state index contributed by atoms with van der Waals surface area (Å²) in [6.07, 6.45) is 1.20. The Kier molecular flexibility index (Phi) is 8.43. The summed E-state index contributed by atoms with van der Waals surface area (Å²) in [4.78, 5) is 14.3. The van der Waals surface area contributed by atoms with E-state index in [-0.39, 0.29) is 39.6 Å². The van der Waals surface area contributed by atoms with E-state index in [4.69, 9.17) is 29.8 Å². The number of nitrogens with zero attached hydrogens (tertiary/aromatic N) is 1. The van der Waals surface area contributed by atoms with E-state index in [1.807, 2.05) is 0 Å². The van der Waals surface area contributed by atoms with Crippen LogP contribution in [0, 0.1) is 0 Å². The van der Waals surface area contributed by atoms with Crippen molar-refractivity contribution in [1.29, 1.82) is 0 Å². The van der Waals surface area contributed by atoms with Gasteiger partial charge in [-0.1, -0.05) is 0 Å². The Morgan fingerprint density at radius 1 is 0.867 bits per heavy atom. The molecule has 7 heteroatoms. The quantitative estimate of drug-likeness (QED) is 0.316.